The first-order chi connectivity index (χ1) is 14.6. The van der Waals surface area contributed by atoms with E-state index in [4.69, 9.17) is 11.6 Å². The number of hydrogen-bond acceptors (Lipinski definition) is 4. The standard InChI is InChI=1S/C23H21ClFN3OS/c24-19-4-2-18(3-5-19)23(29)28(21-8-6-20(25)7-9-21)16-17-1-10-22(26-15-17)27-11-13-30-14-12-27/h1-10,15H,11-14,16H2. The van der Waals surface area contributed by atoms with Crippen LogP contribution in [0, 0.1) is 5.82 Å². The molecule has 0 radical (unpaired) electrons. The van der Waals surface area contributed by atoms with E-state index in [1.165, 1.54) is 12.1 Å². The molecule has 1 saturated heterocycles. The fourth-order valence-corrected chi connectivity index (χ4v) is 4.35. The van der Waals surface area contributed by atoms with Gasteiger partial charge >= 0.3 is 0 Å². The summed E-state index contributed by atoms with van der Waals surface area (Å²) in [4.78, 5) is 21.7. The molecule has 1 aromatic heterocycles. The van der Waals surface area contributed by atoms with E-state index in [-0.39, 0.29) is 11.7 Å². The lowest BCUT2D eigenvalue weighted by atomic mass is 10.1. The van der Waals surface area contributed by atoms with Crippen molar-refractivity contribution < 1.29 is 9.18 Å². The largest absolute Gasteiger partial charge is 0.355 e. The van der Waals surface area contributed by atoms with Crippen molar-refractivity contribution in [3.8, 4) is 0 Å². The minimum Gasteiger partial charge on any atom is -0.355 e. The second-order valence-corrected chi connectivity index (χ2v) is 8.66. The predicted octanol–water partition coefficient (Wildman–Crippen LogP) is 5.27. The van der Waals surface area contributed by atoms with Gasteiger partial charge in [-0.05, 0) is 60.2 Å². The van der Waals surface area contributed by atoms with Gasteiger partial charge in [0.1, 0.15) is 11.6 Å². The molecule has 0 N–H and O–H groups in total. The Kier molecular flexibility index (Phi) is 6.55. The molecule has 0 unspecified atom stereocenters. The monoisotopic (exact) mass is 441 g/mol. The van der Waals surface area contributed by atoms with Crippen molar-refractivity contribution in [3.05, 3.63) is 88.8 Å². The van der Waals surface area contributed by atoms with Crippen LogP contribution >= 0.6 is 23.4 Å². The summed E-state index contributed by atoms with van der Waals surface area (Å²) in [6, 6.07) is 16.7. The molecule has 4 rings (SSSR count). The Morgan fingerprint density at radius 3 is 2.37 bits per heavy atom. The van der Waals surface area contributed by atoms with Crippen molar-refractivity contribution in [1.82, 2.24) is 4.98 Å². The van der Waals surface area contributed by atoms with E-state index in [2.05, 4.69) is 9.88 Å². The molecule has 30 heavy (non-hydrogen) atoms. The average Bonchev–Trinajstić information content (AvgIpc) is 2.79. The lowest BCUT2D eigenvalue weighted by Crippen LogP contribution is -2.33. The maximum atomic E-state index is 13.4. The van der Waals surface area contributed by atoms with Crippen LogP contribution in [-0.4, -0.2) is 35.5 Å². The highest BCUT2D eigenvalue weighted by Crippen LogP contribution is 2.23. The van der Waals surface area contributed by atoms with Crippen LogP contribution in [0.25, 0.3) is 0 Å². The summed E-state index contributed by atoms with van der Waals surface area (Å²) in [5, 5.41) is 0.566. The van der Waals surface area contributed by atoms with Gasteiger partial charge in [-0.1, -0.05) is 17.7 Å². The van der Waals surface area contributed by atoms with Gasteiger partial charge in [0.2, 0.25) is 0 Å². The first-order valence-corrected chi connectivity index (χ1v) is 11.2. The number of halogens is 2. The molecule has 0 spiro atoms. The molecule has 1 aliphatic rings. The van der Waals surface area contributed by atoms with Crippen LogP contribution in [-0.2, 0) is 6.54 Å². The summed E-state index contributed by atoms with van der Waals surface area (Å²) >= 11 is 7.92. The van der Waals surface area contributed by atoms with Crippen LogP contribution in [0.15, 0.2) is 66.9 Å². The van der Waals surface area contributed by atoms with Gasteiger partial charge in [0, 0.05) is 47.1 Å². The number of nitrogens with zero attached hydrogens (tertiary/aromatic N) is 3. The van der Waals surface area contributed by atoms with Gasteiger partial charge in [-0.25, -0.2) is 9.37 Å². The van der Waals surface area contributed by atoms with Gasteiger partial charge in [-0.3, -0.25) is 4.79 Å². The van der Waals surface area contributed by atoms with Crippen LogP contribution in [0.2, 0.25) is 5.02 Å². The normalized spacial score (nSPS) is 13.9. The average molecular weight is 442 g/mol. The molecule has 1 fully saturated rings. The quantitative estimate of drug-likeness (QED) is 0.540. The van der Waals surface area contributed by atoms with Crippen molar-refractivity contribution in [2.45, 2.75) is 6.54 Å². The lowest BCUT2D eigenvalue weighted by molar-refractivity contribution is 0.0985. The third-order valence-corrected chi connectivity index (χ3v) is 6.15. The number of anilines is 2. The fraction of sp³-hybridized carbons (Fsp3) is 0.217. The van der Waals surface area contributed by atoms with Crippen LogP contribution in [0.1, 0.15) is 15.9 Å². The first-order valence-electron chi connectivity index (χ1n) is 9.71. The number of hydrogen-bond donors (Lipinski definition) is 0. The maximum absolute atomic E-state index is 13.4. The van der Waals surface area contributed by atoms with E-state index in [1.54, 1.807) is 41.3 Å². The summed E-state index contributed by atoms with van der Waals surface area (Å²) in [5.41, 5.74) is 2.03. The molecule has 0 saturated carbocycles. The maximum Gasteiger partial charge on any atom is 0.258 e. The van der Waals surface area contributed by atoms with E-state index in [0.29, 0.717) is 22.8 Å². The van der Waals surface area contributed by atoms with E-state index in [9.17, 15) is 9.18 Å². The lowest BCUT2D eigenvalue weighted by Gasteiger charge is -2.28. The zero-order valence-electron chi connectivity index (χ0n) is 16.3. The van der Waals surface area contributed by atoms with Gasteiger partial charge in [0.05, 0.1) is 6.54 Å². The summed E-state index contributed by atoms with van der Waals surface area (Å²) in [5.74, 6) is 2.64. The van der Waals surface area contributed by atoms with Crippen molar-refractivity contribution >= 4 is 40.8 Å². The predicted molar refractivity (Wildman–Crippen MR) is 122 cm³/mol. The molecule has 3 aromatic rings. The molecular weight excluding hydrogens is 421 g/mol. The van der Waals surface area contributed by atoms with Gasteiger partial charge < -0.3 is 9.80 Å². The van der Waals surface area contributed by atoms with Crippen LogP contribution in [0.4, 0.5) is 15.9 Å². The van der Waals surface area contributed by atoms with E-state index < -0.39 is 0 Å². The zero-order valence-corrected chi connectivity index (χ0v) is 17.9. The molecular formula is C23H21ClFN3OS. The molecule has 2 heterocycles. The Labute approximate surface area is 184 Å². The topological polar surface area (TPSA) is 36.4 Å². The smallest absolute Gasteiger partial charge is 0.258 e. The molecule has 0 bridgehead atoms. The van der Waals surface area contributed by atoms with Gasteiger partial charge in [0.25, 0.3) is 5.91 Å². The van der Waals surface area contributed by atoms with Gasteiger partial charge in [-0.2, -0.15) is 11.8 Å². The number of benzene rings is 2. The van der Waals surface area contributed by atoms with Gasteiger partial charge in [-0.15, -0.1) is 0 Å². The first kappa shape index (κ1) is 20.7. The Morgan fingerprint density at radius 2 is 1.73 bits per heavy atom. The summed E-state index contributed by atoms with van der Waals surface area (Å²) < 4.78 is 13.4. The minimum atomic E-state index is -0.344. The van der Waals surface area contributed by atoms with Crippen molar-refractivity contribution in [3.63, 3.8) is 0 Å². The Bertz CT molecular complexity index is 990. The second kappa shape index (κ2) is 9.49. The number of carbonyl (C=O) groups excluding carboxylic acids is 1. The minimum absolute atomic E-state index is 0.185. The molecule has 1 aliphatic heterocycles. The molecule has 154 valence electrons. The summed E-state index contributed by atoms with van der Waals surface area (Å²) in [6.45, 7) is 2.32. The highest BCUT2D eigenvalue weighted by Gasteiger charge is 2.19. The number of aromatic nitrogens is 1. The third kappa shape index (κ3) is 4.94. The molecule has 2 aromatic carbocycles. The highest BCUT2D eigenvalue weighted by atomic mass is 35.5. The Morgan fingerprint density at radius 1 is 1.03 bits per heavy atom. The third-order valence-electron chi connectivity index (χ3n) is 4.96. The Balaban J connectivity index is 1.58. The summed E-state index contributed by atoms with van der Waals surface area (Å²) in [7, 11) is 0. The number of pyridine rings is 1. The van der Waals surface area contributed by atoms with Crippen LogP contribution in [0.5, 0.6) is 0 Å². The number of carbonyl (C=O) groups is 1. The van der Waals surface area contributed by atoms with Crippen LogP contribution < -0.4 is 9.80 Å². The van der Waals surface area contributed by atoms with Crippen LogP contribution in [0.3, 0.4) is 0 Å². The van der Waals surface area contributed by atoms with E-state index in [0.717, 1.165) is 36.0 Å². The molecule has 0 atom stereocenters. The molecule has 7 heteroatoms. The molecule has 4 nitrogen and oxygen atoms in total. The second-order valence-electron chi connectivity index (χ2n) is 7.00. The van der Waals surface area contributed by atoms with Gasteiger partial charge in [0.15, 0.2) is 0 Å². The van der Waals surface area contributed by atoms with Crippen molar-refractivity contribution in [2.75, 3.05) is 34.4 Å². The Hall–Kier alpha value is -2.57. The zero-order chi connectivity index (χ0) is 20.9. The highest BCUT2D eigenvalue weighted by molar-refractivity contribution is 7.99. The SMILES string of the molecule is O=C(c1ccc(Cl)cc1)N(Cc1ccc(N2CCSCC2)nc1)c1ccc(F)cc1. The molecule has 0 aliphatic carbocycles. The van der Waals surface area contributed by atoms with Crippen molar-refractivity contribution in [2.24, 2.45) is 0 Å². The summed E-state index contributed by atoms with van der Waals surface area (Å²) in [6.07, 6.45) is 1.81. The number of rotatable bonds is 5. The molecule has 1 amide bonds. The van der Waals surface area contributed by atoms with Crippen molar-refractivity contribution in [1.29, 1.82) is 0 Å². The number of amides is 1. The fourth-order valence-electron chi connectivity index (χ4n) is 3.32. The van der Waals surface area contributed by atoms with E-state index in [1.807, 2.05) is 30.1 Å². The number of thioether (sulfide) groups is 1. The van der Waals surface area contributed by atoms with E-state index >= 15 is 0 Å².